The maximum atomic E-state index is 14.0. The number of Topliss-reactive ketones (excluding diaryl/α,β-unsaturated/α-hetero) is 1. The molecule has 10 nitrogen and oxygen atoms in total. The molecule has 1 amide bonds. The van der Waals surface area contributed by atoms with Gasteiger partial charge in [0.2, 0.25) is 5.91 Å². The van der Waals surface area contributed by atoms with Crippen LogP contribution in [0.3, 0.4) is 0 Å². The lowest BCUT2D eigenvalue weighted by Crippen LogP contribution is -2.52. The van der Waals surface area contributed by atoms with Gasteiger partial charge in [0.15, 0.2) is 0 Å². The summed E-state index contributed by atoms with van der Waals surface area (Å²) >= 11 is 13.5. The van der Waals surface area contributed by atoms with Gasteiger partial charge in [0, 0.05) is 72.1 Å². The quantitative estimate of drug-likeness (QED) is 0.319. The van der Waals surface area contributed by atoms with E-state index < -0.39 is 17.9 Å². The highest BCUT2D eigenvalue weighted by Crippen LogP contribution is 2.47. The first kappa shape index (κ1) is 35.9. The third kappa shape index (κ3) is 7.29. The molecule has 1 saturated heterocycles. The van der Waals surface area contributed by atoms with Crippen molar-refractivity contribution in [3.05, 3.63) is 86.2 Å². The number of nitrogens with one attached hydrogen (secondary N) is 1. The fourth-order valence-electron chi connectivity index (χ4n) is 8.34. The number of hydrogen-bond acceptors (Lipinski definition) is 9. The van der Waals surface area contributed by atoms with Gasteiger partial charge in [-0.25, -0.2) is 9.59 Å². The minimum atomic E-state index is -1.07. The summed E-state index contributed by atoms with van der Waals surface area (Å²) in [6.45, 7) is 2.59. The summed E-state index contributed by atoms with van der Waals surface area (Å²) in [5, 5.41) is 3.82. The van der Waals surface area contributed by atoms with Crippen molar-refractivity contribution >= 4 is 46.8 Å². The second-order valence-corrected chi connectivity index (χ2v) is 14.3. The second-order valence-electron chi connectivity index (χ2n) is 13.5. The summed E-state index contributed by atoms with van der Waals surface area (Å²) in [5.74, 6) is -0.542. The molecule has 2 aromatic rings. The van der Waals surface area contributed by atoms with Crippen LogP contribution in [-0.2, 0) is 35.1 Å². The molecule has 0 radical (unpaired) electrons. The number of carbonyl (C=O) groups is 4. The van der Waals surface area contributed by atoms with Gasteiger partial charge in [-0.15, -0.1) is 0 Å². The summed E-state index contributed by atoms with van der Waals surface area (Å²) in [6.07, 6.45) is 4.16. The summed E-state index contributed by atoms with van der Waals surface area (Å²) < 4.78 is 16.1. The molecule has 6 rings (SSSR count). The number of amides is 1. The molecule has 0 bridgehead atoms. The van der Waals surface area contributed by atoms with E-state index in [0.717, 1.165) is 31.5 Å². The van der Waals surface area contributed by atoms with Crippen LogP contribution >= 0.6 is 23.2 Å². The standard InChI is InChI=1S/C38H43Cl2N3O7/c1-48-31-10-5-4-7-22(31)11-12-29-34(37(46)49-2)36(33-27(39)8-6-9-28(33)40)35(38(47)50-3)30(41-29)21-32(45)43-15-13-42(14-16-43)25-17-23-19-26(44)20-24(23)18-25/h4-10,23-25,36,41H,11-21H2,1-3H3. The summed E-state index contributed by atoms with van der Waals surface area (Å²) in [7, 11) is 4.13. The summed E-state index contributed by atoms with van der Waals surface area (Å²) in [6, 6.07) is 13.0. The highest BCUT2D eigenvalue weighted by Gasteiger charge is 2.44. The number of carbonyl (C=O) groups excluding carboxylic acids is 4. The summed E-state index contributed by atoms with van der Waals surface area (Å²) in [5.41, 5.74) is 2.29. The van der Waals surface area contributed by atoms with E-state index in [1.54, 1.807) is 25.3 Å². The normalized spacial score (nSPS) is 23.9. The number of hydrogen-bond donors (Lipinski definition) is 1. The Morgan fingerprint density at radius 1 is 0.800 bits per heavy atom. The maximum absolute atomic E-state index is 14.0. The number of allylic oxidation sites excluding steroid dienone is 1. The molecule has 2 aromatic carbocycles. The Kier molecular flexibility index (Phi) is 11.2. The fourth-order valence-corrected chi connectivity index (χ4v) is 8.95. The average molecular weight is 725 g/mol. The number of dihydropyridines is 1. The van der Waals surface area contributed by atoms with Crippen LogP contribution in [-0.4, -0.2) is 87.0 Å². The first-order valence-corrected chi connectivity index (χ1v) is 17.9. The van der Waals surface area contributed by atoms with E-state index in [9.17, 15) is 19.2 Å². The van der Waals surface area contributed by atoms with E-state index in [2.05, 4.69) is 10.2 Å². The Hall–Kier alpha value is -3.86. The van der Waals surface area contributed by atoms with Gasteiger partial charge in [0.25, 0.3) is 0 Å². The largest absolute Gasteiger partial charge is 0.496 e. The molecular formula is C38H43Cl2N3O7. The Balaban J connectivity index is 1.31. The number of nitrogens with zero attached hydrogens (tertiary/aromatic N) is 2. The van der Waals surface area contributed by atoms with Gasteiger partial charge in [-0.05, 0) is 61.3 Å². The number of para-hydroxylation sites is 1. The molecule has 12 heteroatoms. The molecule has 50 heavy (non-hydrogen) atoms. The predicted octanol–water partition coefficient (Wildman–Crippen LogP) is 5.47. The van der Waals surface area contributed by atoms with E-state index in [1.807, 2.05) is 29.2 Å². The number of methoxy groups -OCH3 is 3. The number of ketones is 1. The molecule has 4 aliphatic rings. The van der Waals surface area contributed by atoms with Crippen LogP contribution in [0.2, 0.25) is 10.0 Å². The van der Waals surface area contributed by atoms with Gasteiger partial charge in [0.1, 0.15) is 11.5 Å². The van der Waals surface area contributed by atoms with E-state index >= 15 is 0 Å². The Morgan fingerprint density at radius 2 is 1.40 bits per heavy atom. The topological polar surface area (TPSA) is 114 Å². The minimum Gasteiger partial charge on any atom is -0.496 e. The molecule has 3 atom stereocenters. The highest BCUT2D eigenvalue weighted by atomic mass is 35.5. The van der Waals surface area contributed by atoms with E-state index in [1.165, 1.54) is 14.2 Å². The molecule has 3 fully saturated rings. The smallest absolute Gasteiger partial charge is 0.336 e. The Morgan fingerprint density at radius 3 is 2.00 bits per heavy atom. The Labute approximate surface area is 302 Å². The molecule has 1 N–H and O–H groups in total. The summed E-state index contributed by atoms with van der Waals surface area (Å²) in [4.78, 5) is 57.6. The first-order valence-electron chi connectivity index (χ1n) is 17.1. The first-order chi connectivity index (χ1) is 24.1. The number of rotatable bonds is 10. The molecule has 2 aliphatic carbocycles. The number of aryl methyl sites for hydroxylation is 1. The van der Waals surface area contributed by atoms with Crippen molar-refractivity contribution in [2.45, 2.75) is 56.9 Å². The number of ether oxygens (including phenoxy) is 3. The molecule has 2 saturated carbocycles. The van der Waals surface area contributed by atoms with Crippen LogP contribution in [0.4, 0.5) is 0 Å². The lowest BCUT2D eigenvalue weighted by atomic mass is 9.78. The minimum absolute atomic E-state index is 0.0722. The third-order valence-corrected chi connectivity index (χ3v) is 11.4. The van der Waals surface area contributed by atoms with Crippen LogP contribution in [0.25, 0.3) is 0 Å². The van der Waals surface area contributed by atoms with Gasteiger partial charge in [0.05, 0.1) is 44.8 Å². The van der Waals surface area contributed by atoms with Crippen molar-refractivity contribution in [1.82, 2.24) is 15.1 Å². The SMILES string of the molecule is COC(=O)C1=C(CCc2ccccc2OC)NC(CC(=O)N2CCN(C3CC4CC(=O)CC4C3)CC2)=C(C(=O)OC)C1c1c(Cl)cccc1Cl. The zero-order valence-corrected chi connectivity index (χ0v) is 30.1. The molecule has 266 valence electrons. The van der Waals surface area contributed by atoms with Crippen LogP contribution in [0.5, 0.6) is 5.75 Å². The monoisotopic (exact) mass is 723 g/mol. The van der Waals surface area contributed by atoms with Gasteiger partial charge in [-0.3, -0.25) is 14.5 Å². The van der Waals surface area contributed by atoms with Crippen molar-refractivity contribution < 1.29 is 33.4 Å². The second kappa shape index (κ2) is 15.6. The van der Waals surface area contributed by atoms with Crippen molar-refractivity contribution in [3.63, 3.8) is 0 Å². The Bertz CT molecular complexity index is 1700. The van der Waals surface area contributed by atoms with Crippen LogP contribution in [0, 0.1) is 11.8 Å². The third-order valence-electron chi connectivity index (χ3n) is 10.8. The maximum Gasteiger partial charge on any atom is 0.336 e. The van der Waals surface area contributed by atoms with E-state index in [0.29, 0.717) is 85.1 Å². The van der Waals surface area contributed by atoms with Crippen LogP contribution in [0.15, 0.2) is 65.0 Å². The van der Waals surface area contributed by atoms with E-state index in [-0.39, 0.29) is 33.5 Å². The number of benzene rings is 2. The zero-order valence-electron chi connectivity index (χ0n) is 28.6. The van der Waals surface area contributed by atoms with Crippen LogP contribution < -0.4 is 10.1 Å². The van der Waals surface area contributed by atoms with Crippen molar-refractivity contribution in [3.8, 4) is 5.75 Å². The van der Waals surface area contributed by atoms with Gasteiger partial charge >= 0.3 is 11.9 Å². The molecular weight excluding hydrogens is 681 g/mol. The lowest BCUT2D eigenvalue weighted by molar-refractivity contribution is -0.137. The predicted molar refractivity (Wildman–Crippen MR) is 189 cm³/mol. The van der Waals surface area contributed by atoms with Gasteiger partial charge < -0.3 is 24.4 Å². The molecule has 3 unspecified atom stereocenters. The highest BCUT2D eigenvalue weighted by molar-refractivity contribution is 6.36. The van der Waals surface area contributed by atoms with Crippen molar-refractivity contribution in [2.75, 3.05) is 47.5 Å². The van der Waals surface area contributed by atoms with Crippen molar-refractivity contribution in [2.24, 2.45) is 11.8 Å². The molecule has 0 spiro atoms. The number of esters is 2. The van der Waals surface area contributed by atoms with E-state index in [4.69, 9.17) is 37.4 Å². The molecule has 2 aliphatic heterocycles. The number of piperazine rings is 1. The van der Waals surface area contributed by atoms with Crippen LogP contribution in [0.1, 0.15) is 55.6 Å². The number of halogens is 2. The number of fused-ring (bicyclic) bond motifs is 1. The zero-order chi connectivity index (χ0) is 35.5. The molecule has 2 heterocycles. The molecule has 0 aromatic heterocycles. The van der Waals surface area contributed by atoms with Gasteiger partial charge in [-0.2, -0.15) is 0 Å². The van der Waals surface area contributed by atoms with Gasteiger partial charge in [-0.1, -0.05) is 47.5 Å². The van der Waals surface area contributed by atoms with Crippen molar-refractivity contribution in [1.29, 1.82) is 0 Å². The average Bonchev–Trinajstić information content (AvgIpc) is 3.67. The lowest BCUT2D eigenvalue weighted by Gasteiger charge is -2.39. The fraction of sp³-hybridized carbons (Fsp3) is 0.474.